The van der Waals surface area contributed by atoms with Gasteiger partial charge in [-0.3, -0.25) is 14.9 Å². The molecular formula is C19H18N2O4S2. The fourth-order valence-corrected chi connectivity index (χ4v) is 4.56. The summed E-state index contributed by atoms with van der Waals surface area (Å²) in [5.74, 6) is -0.634. The zero-order valence-corrected chi connectivity index (χ0v) is 16.7. The minimum Gasteiger partial charge on any atom is -0.464 e. The van der Waals surface area contributed by atoms with Crippen molar-refractivity contribution in [1.29, 1.82) is 0 Å². The number of anilines is 1. The predicted molar refractivity (Wildman–Crippen MR) is 108 cm³/mol. The summed E-state index contributed by atoms with van der Waals surface area (Å²) >= 11 is 2.13. The molecule has 2 heterocycles. The molecule has 0 saturated carbocycles. The monoisotopic (exact) mass is 402 g/mol. The third kappa shape index (κ3) is 4.23. The number of esters is 1. The molecule has 0 aliphatic carbocycles. The third-order valence-electron chi connectivity index (χ3n) is 3.78. The Morgan fingerprint density at radius 3 is 2.67 bits per heavy atom. The molecule has 140 valence electrons. The fraction of sp³-hybridized carbons (Fsp3) is 0.263. The van der Waals surface area contributed by atoms with E-state index >= 15 is 0 Å². The van der Waals surface area contributed by atoms with Gasteiger partial charge in [0, 0.05) is 10.3 Å². The van der Waals surface area contributed by atoms with Crippen LogP contribution in [0.4, 0.5) is 5.13 Å². The first-order valence-corrected chi connectivity index (χ1v) is 9.94. The van der Waals surface area contributed by atoms with Gasteiger partial charge in [-0.05, 0) is 29.9 Å². The quantitative estimate of drug-likeness (QED) is 0.653. The van der Waals surface area contributed by atoms with Crippen molar-refractivity contribution in [2.75, 3.05) is 12.4 Å². The molecule has 0 bridgehead atoms. The smallest absolute Gasteiger partial charge is 0.357 e. The Morgan fingerprint density at radius 1 is 1.22 bits per heavy atom. The number of carbonyl (C=O) groups excluding carboxylic acids is 2. The van der Waals surface area contributed by atoms with Gasteiger partial charge < -0.3 is 4.74 Å². The summed E-state index contributed by atoms with van der Waals surface area (Å²) in [7, 11) is 1.30. The van der Waals surface area contributed by atoms with Crippen LogP contribution < -0.4 is 10.1 Å². The molecular weight excluding hydrogens is 384 g/mol. The van der Waals surface area contributed by atoms with E-state index in [-0.39, 0.29) is 10.4 Å². The molecule has 27 heavy (non-hydrogen) atoms. The molecule has 0 radical (unpaired) electrons. The van der Waals surface area contributed by atoms with Gasteiger partial charge in [0.2, 0.25) is 4.74 Å². The van der Waals surface area contributed by atoms with Gasteiger partial charge in [-0.15, -0.1) is 11.3 Å². The van der Waals surface area contributed by atoms with E-state index in [1.807, 2.05) is 19.9 Å². The second kappa shape index (κ2) is 7.98. The lowest BCUT2D eigenvalue weighted by Gasteiger charge is -2.03. The topological polar surface area (TPSA) is 85.4 Å². The highest BCUT2D eigenvalue weighted by molar-refractivity contribution is 7.16. The molecule has 3 aromatic rings. The summed E-state index contributed by atoms with van der Waals surface area (Å²) in [5, 5.41) is 4.30. The van der Waals surface area contributed by atoms with E-state index in [0.717, 1.165) is 16.2 Å². The first-order chi connectivity index (χ1) is 12.9. The number of thiazole rings is 1. The maximum absolute atomic E-state index is 12.6. The average Bonchev–Trinajstić information content (AvgIpc) is 3.02. The van der Waals surface area contributed by atoms with Crippen molar-refractivity contribution in [2.45, 2.75) is 20.3 Å². The summed E-state index contributed by atoms with van der Waals surface area (Å²) in [6, 6.07) is 8.81. The summed E-state index contributed by atoms with van der Waals surface area (Å²) in [6.07, 6.45) is 0.654. The number of hydrogen-bond acceptors (Lipinski definition) is 7. The van der Waals surface area contributed by atoms with Crippen molar-refractivity contribution in [2.24, 2.45) is 5.92 Å². The zero-order chi connectivity index (χ0) is 19.6. The highest BCUT2D eigenvalue weighted by Crippen LogP contribution is 2.27. The van der Waals surface area contributed by atoms with Crippen molar-refractivity contribution in [3.8, 4) is 0 Å². The van der Waals surface area contributed by atoms with Crippen LogP contribution >= 0.6 is 22.7 Å². The standard InChI is InChI=1S/C19H18N2O4S2/c1-10(2)8-13-15(17(23)25-3)20-19(27-13)21-16(22)14-9-11-6-4-5-7-12(11)18(24)26-14/h4-7,9-10H,8H2,1-3H3,(H,20,21,22). The molecule has 1 N–H and O–H groups in total. The van der Waals surface area contributed by atoms with E-state index < -0.39 is 11.9 Å². The van der Waals surface area contributed by atoms with Crippen LogP contribution in [0, 0.1) is 5.92 Å². The van der Waals surface area contributed by atoms with Crippen LogP contribution in [0.5, 0.6) is 0 Å². The maximum Gasteiger partial charge on any atom is 0.357 e. The Morgan fingerprint density at radius 2 is 1.96 bits per heavy atom. The maximum atomic E-state index is 12.6. The molecule has 1 amide bonds. The van der Waals surface area contributed by atoms with Crippen LogP contribution in [-0.2, 0) is 11.2 Å². The molecule has 0 saturated heterocycles. The van der Waals surface area contributed by atoms with Gasteiger partial charge in [0.25, 0.3) is 5.91 Å². The van der Waals surface area contributed by atoms with Crippen molar-refractivity contribution in [3.05, 3.63) is 55.3 Å². The third-order valence-corrected chi connectivity index (χ3v) is 5.71. The number of methoxy groups -OCH3 is 1. The molecule has 0 aliphatic heterocycles. The van der Waals surface area contributed by atoms with E-state index in [0.29, 0.717) is 33.1 Å². The first-order valence-electron chi connectivity index (χ1n) is 8.31. The number of benzene rings is 1. The van der Waals surface area contributed by atoms with Crippen molar-refractivity contribution in [1.82, 2.24) is 4.98 Å². The fourth-order valence-electron chi connectivity index (χ4n) is 2.58. The molecule has 8 heteroatoms. The summed E-state index contributed by atoms with van der Waals surface area (Å²) in [6.45, 7) is 4.07. The van der Waals surface area contributed by atoms with E-state index in [1.165, 1.54) is 18.4 Å². The first kappa shape index (κ1) is 19.2. The van der Waals surface area contributed by atoms with E-state index in [2.05, 4.69) is 10.3 Å². The summed E-state index contributed by atoms with van der Waals surface area (Å²) in [5.41, 5.74) is 0.221. The number of aromatic nitrogens is 1. The van der Waals surface area contributed by atoms with Gasteiger partial charge in [-0.25, -0.2) is 9.78 Å². The Balaban J connectivity index is 1.91. The summed E-state index contributed by atoms with van der Waals surface area (Å²) in [4.78, 5) is 42.1. The lowest BCUT2D eigenvalue weighted by atomic mass is 10.1. The average molecular weight is 402 g/mol. The van der Waals surface area contributed by atoms with Crippen LogP contribution in [0.25, 0.3) is 10.8 Å². The van der Waals surface area contributed by atoms with Gasteiger partial charge in [-0.2, -0.15) is 0 Å². The van der Waals surface area contributed by atoms with Crippen molar-refractivity contribution in [3.63, 3.8) is 0 Å². The van der Waals surface area contributed by atoms with Crippen LogP contribution in [0.2, 0.25) is 0 Å². The molecule has 0 atom stereocenters. The van der Waals surface area contributed by atoms with E-state index in [9.17, 15) is 14.4 Å². The van der Waals surface area contributed by atoms with Gasteiger partial charge in [0.1, 0.15) is 0 Å². The zero-order valence-electron chi connectivity index (χ0n) is 15.1. The molecule has 2 aromatic heterocycles. The molecule has 3 rings (SSSR count). The number of amides is 1. The van der Waals surface area contributed by atoms with Crippen LogP contribution in [0.3, 0.4) is 0 Å². The SMILES string of the molecule is COC(=O)c1nc(NC(=O)c2cc3ccccc3c(=O)s2)sc1CC(C)C. The lowest BCUT2D eigenvalue weighted by molar-refractivity contribution is 0.0593. The van der Waals surface area contributed by atoms with Crippen LogP contribution in [0.15, 0.2) is 35.1 Å². The molecule has 1 aromatic carbocycles. The minimum absolute atomic E-state index is 0.173. The molecule has 6 nitrogen and oxygen atoms in total. The van der Waals surface area contributed by atoms with Gasteiger partial charge in [0.05, 0.1) is 12.0 Å². The molecule has 0 fully saturated rings. The van der Waals surface area contributed by atoms with Crippen molar-refractivity contribution >= 4 is 50.5 Å². The predicted octanol–water partition coefficient (Wildman–Crippen LogP) is 3.96. The number of carbonyl (C=O) groups is 2. The van der Waals surface area contributed by atoms with Crippen LogP contribution in [-0.4, -0.2) is 24.0 Å². The second-order valence-corrected chi connectivity index (χ2v) is 8.42. The molecule has 0 aliphatic rings. The normalized spacial score (nSPS) is 11.0. The Bertz CT molecular complexity index is 1070. The van der Waals surface area contributed by atoms with Gasteiger partial charge in [-0.1, -0.05) is 43.4 Å². The number of hydrogen-bond donors (Lipinski definition) is 1. The lowest BCUT2D eigenvalue weighted by Crippen LogP contribution is -2.13. The number of fused-ring (bicyclic) bond motifs is 1. The highest BCUT2D eigenvalue weighted by atomic mass is 32.1. The summed E-state index contributed by atoms with van der Waals surface area (Å²) < 4.78 is 4.61. The highest BCUT2D eigenvalue weighted by Gasteiger charge is 2.21. The largest absolute Gasteiger partial charge is 0.464 e. The Labute approximate surface area is 163 Å². The van der Waals surface area contributed by atoms with Gasteiger partial charge >= 0.3 is 5.97 Å². The number of ether oxygens (including phenoxy) is 1. The Hall–Kier alpha value is -2.58. The Kier molecular flexibility index (Phi) is 5.67. The number of rotatable bonds is 5. The van der Waals surface area contributed by atoms with Crippen LogP contribution in [0.1, 0.15) is 38.9 Å². The van der Waals surface area contributed by atoms with Gasteiger partial charge in [0.15, 0.2) is 10.8 Å². The number of nitrogens with one attached hydrogen (secondary N) is 1. The molecule has 0 unspecified atom stereocenters. The number of nitrogens with zero attached hydrogens (tertiary/aromatic N) is 1. The van der Waals surface area contributed by atoms with E-state index in [1.54, 1.807) is 24.3 Å². The van der Waals surface area contributed by atoms with Crippen molar-refractivity contribution < 1.29 is 14.3 Å². The van der Waals surface area contributed by atoms with E-state index in [4.69, 9.17) is 4.74 Å². The molecule has 0 spiro atoms. The minimum atomic E-state index is -0.530. The second-order valence-electron chi connectivity index (χ2n) is 6.32.